The monoisotopic (exact) mass is 283 g/mol. The molecule has 2 heteroatoms. The van der Waals surface area contributed by atoms with Crippen molar-refractivity contribution in [2.75, 3.05) is 26.2 Å². The van der Waals surface area contributed by atoms with Gasteiger partial charge in [0.2, 0.25) is 0 Å². The summed E-state index contributed by atoms with van der Waals surface area (Å²) < 4.78 is 5.95. The number of ether oxygens (including phenoxy) is 1. The molecule has 0 N–H and O–H groups in total. The minimum absolute atomic E-state index is 0.776. The lowest BCUT2D eigenvalue weighted by Gasteiger charge is -2.34. The second-order valence-electron chi connectivity index (χ2n) is 6.56. The number of rotatable bonds is 4. The van der Waals surface area contributed by atoms with E-state index in [9.17, 15) is 0 Å². The van der Waals surface area contributed by atoms with E-state index in [2.05, 4.69) is 61.2 Å². The van der Waals surface area contributed by atoms with Crippen molar-refractivity contribution in [1.82, 2.24) is 4.90 Å². The van der Waals surface area contributed by atoms with E-state index in [0.29, 0.717) is 0 Å². The van der Waals surface area contributed by atoms with Crippen molar-refractivity contribution < 1.29 is 4.74 Å². The largest absolute Gasteiger partial charge is 0.492 e. The third-order valence-corrected chi connectivity index (χ3v) is 4.34. The van der Waals surface area contributed by atoms with Crippen molar-refractivity contribution in [3.8, 4) is 5.75 Å². The van der Waals surface area contributed by atoms with Gasteiger partial charge in [-0.25, -0.2) is 0 Å². The van der Waals surface area contributed by atoms with Gasteiger partial charge in [-0.3, -0.25) is 4.90 Å². The summed E-state index contributed by atoms with van der Waals surface area (Å²) in [5.74, 6) is 2.61. The number of fused-ring (bicyclic) bond motifs is 1. The predicted molar refractivity (Wildman–Crippen MR) is 88.8 cm³/mol. The van der Waals surface area contributed by atoms with E-state index >= 15 is 0 Å². The van der Waals surface area contributed by atoms with Crippen LogP contribution >= 0.6 is 0 Å². The van der Waals surface area contributed by atoms with Gasteiger partial charge in [-0.1, -0.05) is 44.2 Å². The number of piperidine rings is 1. The predicted octanol–water partition coefficient (Wildman–Crippen LogP) is 4.20. The number of likely N-dealkylation sites (tertiary alicyclic amines) is 1. The lowest BCUT2D eigenvalue weighted by atomic mass is 9.92. The second kappa shape index (κ2) is 6.48. The maximum Gasteiger partial charge on any atom is 0.120 e. The van der Waals surface area contributed by atoms with Crippen molar-refractivity contribution in [3.05, 3.63) is 42.5 Å². The zero-order valence-corrected chi connectivity index (χ0v) is 13.1. The van der Waals surface area contributed by atoms with Gasteiger partial charge < -0.3 is 4.74 Å². The molecule has 2 unspecified atom stereocenters. The van der Waals surface area contributed by atoms with Crippen molar-refractivity contribution in [2.24, 2.45) is 11.8 Å². The number of nitrogens with zero attached hydrogens (tertiary/aromatic N) is 1. The van der Waals surface area contributed by atoms with E-state index in [1.807, 2.05) is 0 Å². The van der Waals surface area contributed by atoms with E-state index in [-0.39, 0.29) is 0 Å². The molecule has 0 saturated carbocycles. The average molecular weight is 283 g/mol. The zero-order valence-electron chi connectivity index (χ0n) is 13.1. The topological polar surface area (TPSA) is 12.5 Å². The van der Waals surface area contributed by atoms with Crippen LogP contribution in [0.25, 0.3) is 10.8 Å². The van der Waals surface area contributed by atoms with Gasteiger partial charge in [0.25, 0.3) is 0 Å². The third kappa shape index (κ3) is 3.76. The van der Waals surface area contributed by atoms with Crippen LogP contribution in [0.5, 0.6) is 5.75 Å². The molecule has 0 radical (unpaired) electrons. The first-order valence-corrected chi connectivity index (χ1v) is 8.04. The highest BCUT2D eigenvalue weighted by Gasteiger charge is 2.21. The Kier molecular flexibility index (Phi) is 4.45. The molecule has 112 valence electrons. The van der Waals surface area contributed by atoms with E-state index in [4.69, 9.17) is 4.74 Å². The SMILES string of the molecule is CC1CC(C)CN(CCOc2ccc3ccccc3c2)C1. The standard InChI is InChI=1S/C19H25NO/c1-15-11-16(2)14-20(13-15)9-10-21-19-8-7-17-5-3-4-6-18(17)12-19/h3-8,12,15-16H,9-11,13-14H2,1-2H3. The van der Waals surface area contributed by atoms with Crippen molar-refractivity contribution in [1.29, 1.82) is 0 Å². The van der Waals surface area contributed by atoms with Crippen LogP contribution in [-0.2, 0) is 0 Å². The average Bonchev–Trinajstić information content (AvgIpc) is 2.46. The first kappa shape index (κ1) is 14.4. The fourth-order valence-corrected chi connectivity index (χ4v) is 3.52. The van der Waals surface area contributed by atoms with Crippen LogP contribution in [0.4, 0.5) is 0 Å². The summed E-state index contributed by atoms with van der Waals surface area (Å²) in [6, 6.07) is 14.8. The molecule has 0 aliphatic carbocycles. The van der Waals surface area contributed by atoms with Crippen LogP contribution in [0.2, 0.25) is 0 Å². The Morgan fingerprint density at radius 2 is 1.71 bits per heavy atom. The van der Waals surface area contributed by atoms with Gasteiger partial charge in [0.1, 0.15) is 12.4 Å². The van der Waals surface area contributed by atoms with Crippen LogP contribution in [0, 0.1) is 11.8 Å². The molecule has 0 aromatic heterocycles. The molecule has 1 fully saturated rings. The molecule has 0 amide bonds. The Labute approximate surface area is 127 Å². The van der Waals surface area contributed by atoms with Crippen LogP contribution in [0.3, 0.4) is 0 Å². The Bertz CT molecular complexity index is 585. The summed E-state index contributed by atoms with van der Waals surface area (Å²) in [4.78, 5) is 2.54. The Balaban J connectivity index is 1.54. The Morgan fingerprint density at radius 3 is 2.48 bits per heavy atom. The van der Waals surface area contributed by atoms with E-state index in [1.54, 1.807) is 0 Å². The highest BCUT2D eigenvalue weighted by Crippen LogP contribution is 2.22. The highest BCUT2D eigenvalue weighted by molar-refractivity contribution is 5.83. The maximum absolute atomic E-state index is 5.95. The summed E-state index contributed by atoms with van der Waals surface area (Å²) in [5.41, 5.74) is 0. The van der Waals surface area contributed by atoms with Gasteiger partial charge in [-0.15, -0.1) is 0 Å². The fourth-order valence-electron chi connectivity index (χ4n) is 3.52. The highest BCUT2D eigenvalue weighted by atomic mass is 16.5. The van der Waals surface area contributed by atoms with Crippen LogP contribution in [0.15, 0.2) is 42.5 Å². The molecule has 1 heterocycles. The molecule has 2 aromatic carbocycles. The lowest BCUT2D eigenvalue weighted by molar-refractivity contribution is 0.121. The van der Waals surface area contributed by atoms with E-state index in [0.717, 1.165) is 30.7 Å². The molecule has 21 heavy (non-hydrogen) atoms. The van der Waals surface area contributed by atoms with Gasteiger partial charge >= 0.3 is 0 Å². The van der Waals surface area contributed by atoms with Crippen molar-refractivity contribution in [2.45, 2.75) is 20.3 Å². The smallest absolute Gasteiger partial charge is 0.120 e. The fraction of sp³-hybridized carbons (Fsp3) is 0.474. The molecular formula is C19H25NO. The quantitative estimate of drug-likeness (QED) is 0.834. The summed E-state index contributed by atoms with van der Waals surface area (Å²) in [6.07, 6.45) is 1.36. The van der Waals surface area contributed by atoms with E-state index < -0.39 is 0 Å². The van der Waals surface area contributed by atoms with Gasteiger partial charge in [0.05, 0.1) is 0 Å². The first-order chi connectivity index (χ1) is 10.2. The number of hydrogen-bond donors (Lipinski definition) is 0. The third-order valence-electron chi connectivity index (χ3n) is 4.34. The molecule has 1 aliphatic rings. The molecule has 0 spiro atoms. The minimum Gasteiger partial charge on any atom is -0.492 e. The molecule has 2 nitrogen and oxygen atoms in total. The van der Waals surface area contributed by atoms with Crippen LogP contribution < -0.4 is 4.74 Å². The van der Waals surface area contributed by atoms with Gasteiger partial charge in [-0.2, -0.15) is 0 Å². The summed E-state index contributed by atoms with van der Waals surface area (Å²) >= 11 is 0. The van der Waals surface area contributed by atoms with Crippen molar-refractivity contribution >= 4 is 10.8 Å². The van der Waals surface area contributed by atoms with Crippen LogP contribution in [0.1, 0.15) is 20.3 Å². The second-order valence-corrected chi connectivity index (χ2v) is 6.56. The minimum atomic E-state index is 0.776. The Morgan fingerprint density at radius 1 is 1.00 bits per heavy atom. The lowest BCUT2D eigenvalue weighted by Crippen LogP contribution is -2.40. The molecule has 3 rings (SSSR count). The van der Waals surface area contributed by atoms with Gasteiger partial charge in [0, 0.05) is 19.6 Å². The normalized spacial score (nSPS) is 23.3. The summed E-state index contributed by atoms with van der Waals surface area (Å²) in [5, 5.41) is 2.51. The molecule has 2 atom stereocenters. The van der Waals surface area contributed by atoms with Gasteiger partial charge in [0.15, 0.2) is 0 Å². The summed E-state index contributed by atoms with van der Waals surface area (Å²) in [6.45, 7) is 8.94. The first-order valence-electron chi connectivity index (χ1n) is 8.04. The molecule has 1 saturated heterocycles. The van der Waals surface area contributed by atoms with Gasteiger partial charge in [-0.05, 0) is 41.2 Å². The summed E-state index contributed by atoms with van der Waals surface area (Å²) in [7, 11) is 0. The molecule has 1 aliphatic heterocycles. The zero-order chi connectivity index (χ0) is 14.7. The molecule has 2 aromatic rings. The van der Waals surface area contributed by atoms with E-state index in [1.165, 1.54) is 30.3 Å². The Hall–Kier alpha value is -1.54. The van der Waals surface area contributed by atoms with Crippen molar-refractivity contribution in [3.63, 3.8) is 0 Å². The molecular weight excluding hydrogens is 258 g/mol. The maximum atomic E-state index is 5.95. The molecule has 0 bridgehead atoms. The number of benzene rings is 2. The number of hydrogen-bond acceptors (Lipinski definition) is 2. The van der Waals surface area contributed by atoms with Crippen LogP contribution in [-0.4, -0.2) is 31.1 Å².